The number of rotatable bonds is 9. The van der Waals surface area contributed by atoms with Gasteiger partial charge >= 0.3 is 0 Å². The summed E-state index contributed by atoms with van der Waals surface area (Å²) in [5, 5.41) is 5.35. The van der Waals surface area contributed by atoms with E-state index >= 15 is 0 Å². The maximum atomic E-state index is 13.3. The third kappa shape index (κ3) is 5.22. The molecule has 178 valence electrons. The summed E-state index contributed by atoms with van der Waals surface area (Å²) in [6, 6.07) is 19.4. The van der Waals surface area contributed by atoms with Crippen molar-refractivity contribution >= 4 is 23.5 Å². The van der Waals surface area contributed by atoms with Gasteiger partial charge in [-0.15, -0.1) is 0 Å². The van der Waals surface area contributed by atoms with Crippen molar-refractivity contribution in [3.63, 3.8) is 0 Å². The minimum absolute atomic E-state index is 0.279. The van der Waals surface area contributed by atoms with Gasteiger partial charge in [0, 0.05) is 18.4 Å². The van der Waals surface area contributed by atoms with Crippen molar-refractivity contribution < 1.29 is 18.6 Å². The highest BCUT2D eigenvalue weighted by molar-refractivity contribution is 5.82. The van der Waals surface area contributed by atoms with Crippen LogP contribution in [0.1, 0.15) is 13.3 Å². The fourth-order valence-corrected chi connectivity index (χ4v) is 3.90. The average molecular weight is 473 g/mol. The molecule has 0 spiro atoms. The number of nitrogens with zero attached hydrogens (tertiary/aromatic N) is 4. The summed E-state index contributed by atoms with van der Waals surface area (Å²) in [5.41, 5.74) is 1.07. The van der Waals surface area contributed by atoms with Crippen molar-refractivity contribution in [2.75, 3.05) is 19.8 Å². The zero-order valence-corrected chi connectivity index (χ0v) is 19.3. The third-order valence-electron chi connectivity index (χ3n) is 5.68. The number of aliphatic imine (C=N–C) groups is 2. The van der Waals surface area contributed by atoms with E-state index in [0.29, 0.717) is 43.4 Å². The molecule has 5 rings (SSSR count). The Hall–Kier alpha value is -4.04. The van der Waals surface area contributed by atoms with Gasteiger partial charge in [0.15, 0.2) is 5.60 Å². The predicted octanol–water partition coefficient (Wildman–Crippen LogP) is 5.61. The Kier molecular flexibility index (Phi) is 6.54. The fourth-order valence-electron chi connectivity index (χ4n) is 3.90. The summed E-state index contributed by atoms with van der Waals surface area (Å²) < 4.78 is 32.9. The SMILES string of the molecule is CCOCCC1(Oc2ccc(Oc3ccc4c(cnn4-c4ccc(F)cc4)c3)cc2)C=NC=NC1. The predicted molar refractivity (Wildman–Crippen MR) is 134 cm³/mol. The van der Waals surface area contributed by atoms with Gasteiger partial charge in [-0.3, -0.25) is 4.99 Å². The third-order valence-corrected chi connectivity index (χ3v) is 5.68. The van der Waals surface area contributed by atoms with E-state index in [1.54, 1.807) is 35.6 Å². The number of halogens is 1. The molecular formula is C27H25FN4O3. The minimum atomic E-state index is -0.623. The molecule has 3 aromatic carbocycles. The van der Waals surface area contributed by atoms with Gasteiger partial charge in [-0.25, -0.2) is 14.1 Å². The van der Waals surface area contributed by atoms with Crippen LogP contribution >= 0.6 is 0 Å². The number of aromatic nitrogens is 2. The monoisotopic (exact) mass is 472 g/mol. The van der Waals surface area contributed by atoms with E-state index in [0.717, 1.165) is 16.6 Å². The molecule has 1 aliphatic heterocycles. The molecule has 8 heteroatoms. The van der Waals surface area contributed by atoms with Crippen molar-refractivity contribution in [2.24, 2.45) is 9.98 Å². The molecule has 0 amide bonds. The van der Waals surface area contributed by atoms with Crippen LogP contribution in [0.3, 0.4) is 0 Å². The Morgan fingerprint density at radius 2 is 1.74 bits per heavy atom. The molecule has 0 bridgehead atoms. The lowest BCUT2D eigenvalue weighted by atomic mass is 10.0. The number of benzene rings is 3. The van der Waals surface area contributed by atoms with Gasteiger partial charge in [0.05, 0.1) is 36.8 Å². The topological polar surface area (TPSA) is 70.2 Å². The molecule has 1 unspecified atom stereocenters. The van der Waals surface area contributed by atoms with Crippen molar-refractivity contribution in [2.45, 2.75) is 18.9 Å². The fraction of sp³-hybridized carbons (Fsp3) is 0.222. The minimum Gasteiger partial charge on any atom is -0.480 e. The molecule has 1 aromatic heterocycles. The van der Waals surface area contributed by atoms with E-state index in [1.807, 2.05) is 49.4 Å². The summed E-state index contributed by atoms with van der Waals surface area (Å²) in [7, 11) is 0. The van der Waals surface area contributed by atoms with Gasteiger partial charge in [0.2, 0.25) is 0 Å². The molecule has 0 saturated carbocycles. The van der Waals surface area contributed by atoms with Gasteiger partial charge in [-0.2, -0.15) is 5.10 Å². The first-order chi connectivity index (χ1) is 17.1. The number of ether oxygens (including phenoxy) is 3. The Morgan fingerprint density at radius 1 is 0.971 bits per heavy atom. The van der Waals surface area contributed by atoms with E-state index in [-0.39, 0.29) is 5.82 Å². The largest absolute Gasteiger partial charge is 0.480 e. The second-order valence-corrected chi connectivity index (χ2v) is 8.17. The smallest absolute Gasteiger partial charge is 0.166 e. The maximum Gasteiger partial charge on any atom is 0.166 e. The lowest BCUT2D eigenvalue weighted by molar-refractivity contribution is 0.0771. The van der Waals surface area contributed by atoms with Crippen molar-refractivity contribution in [1.29, 1.82) is 0 Å². The van der Waals surface area contributed by atoms with Crippen molar-refractivity contribution in [3.8, 4) is 22.9 Å². The molecule has 0 N–H and O–H groups in total. The highest BCUT2D eigenvalue weighted by Gasteiger charge is 2.31. The first-order valence-electron chi connectivity index (χ1n) is 11.5. The van der Waals surface area contributed by atoms with E-state index in [4.69, 9.17) is 14.2 Å². The molecule has 7 nitrogen and oxygen atoms in total. The second kappa shape index (κ2) is 10.1. The Labute approximate surface area is 202 Å². The molecule has 0 aliphatic carbocycles. The summed E-state index contributed by atoms with van der Waals surface area (Å²) in [6.45, 7) is 3.68. The normalized spacial score (nSPS) is 17.1. The van der Waals surface area contributed by atoms with Crippen LogP contribution in [-0.4, -0.2) is 47.7 Å². The van der Waals surface area contributed by atoms with E-state index < -0.39 is 5.60 Å². The standard InChI is InChI=1S/C27H25FN4O3/c1-2-33-14-13-27(17-29-19-30-18-27)35-24-9-7-23(8-10-24)34-25-11-12-26-20(15-25)16-31-32(26)22-5-3-21(28)4-6-22/h3-12,15-17,19H,2,13-14,18H2,1H3. The Balaban J connectivity index is 1.28. The Bertz CT molecular complexity index is 1350. The molecule has 1 atom stereocenters. The second-order valence-electron chi connectivity index (χ2n) is 8.17. The van der Waals surface area contributed by atoms with Crippen molar-refractivity contribution in [1.82, 2.24) is 9.78 Å². The van der Waals surface area contributed by atoms with Gasteiger partial charge in [-0.1, -0.05) is 0 Å². The zero-order valence-electron chi connectivity index (χ0n) is 19.3. The number of hydrogen-bond acceptors (Lipinski definition) is 6. The van der Waals surface area contributed by atoms with Crippen LogP contribution in [0.2, 0.25) is 0 Å². The average Bonchev–Trinajstić information content (AvgIpc) is 3.30. The zero-order chi connectivity index (χ0) is 24.1. The van der Waals surface area contributed by atoms with Gasteiger partial charge in [-0.05, 0) is 73.7 Å². The van der Waals surface area contributed by atoms with Gasteiger partial charge in [0.1, 0.15) is 29.4 Å². The first-order valence-corrected chi connectivity index (χ1v) is 11.5. The highest BCUT2D eigenvalue weighted by Crippen LogP contribution is 2.29. The lowest BCUT2D eigenvalue weighted by Gasteiger charge is -2.30. The molecule has 1 aliphatic rings. The van der Waals surface area contributed by atoms with Gasteiger partial charge in [0.25, 0.3) is 0 Å². The molecule has 4 aromatic rings. The maximum absolute atomic E-state index is 13.3. The van der Waals surface area contributed by atoms with Crippen LogP contribution in [0.4, 0.5) is 4.39 Å². The van der Waals surface area contributed by atoms with Crippen molar-refractivity contribution in [3.05, 3.63) is 78.7 Å². The van der Waals surface area contributed by atoms with Crippen LogP contribution in [0.5, 0.6) is 17.2 Å². The summed E-state index contributed by atoms with van der Waals surface area (Å²) in [4.78, 5) is 8.46. The molecule has 0 radical (unpaired) electrons. The van der Waals surface area contributed by atoms with E-state index in [2.05, 4.69) is 15.1 Å². The number of hydrogen-bond donors (Lipinski definition) is 0. The summed E-state index contributed by atoms with van der Waals surface area (Å²) >= 11 is 0. The molecular weight excluding hydrogens is 447 g/mol. The quantitative estimate of drug-likeness (QED) is 0.297. The molecule has 35 heavy (non-hydrogen) atoms. The van der Waals surface area contributed by atoms with E-state index in [9.17, 15) is 4.39 Å². The number of fused-ring (bicyclic) bond motifs is 1. The van der Waals surface area contributed by atoms with Crippen LogP contribution in [0.15, 0.2) is 82.9 Å². The molecule has 0 saturated heterocycles. The molecule has 0 fully saturated rings. The summed E-state index contributed by atoms with van der Waals surface area (Å²) in [6.07, 6.45) is 5.76. The molecule has 2 heterocycles. The van der Waals surface area contributed by atoms with Crippen LogP contribution in [0.25, 0.3) is 16.6 Å². The van der Waals surface area contributed by atoms with Crippen LogP contribution in [-0.2, 0) is 4.74 Å². The van der Waals surface area contributed by atoms with Crippen LogP contribution < -0.4 is 9.47 Å². The summed E-state index contributed by atoms with van der Waals surface area (Å²) in [5.74, 6) is 1.79. The van der Waals surface area contributed by atoms with Gasteiger partial charge < -0.3 is 14.2 Å². The lowest BCUT2D eigenvalue weighted by Crippen LogP contribution is -2.43. The highest BCUT2D eigenvalue weighted by atomic mass is 19.1. The van der Waals surface area contributed by atoms with E-state index in [1.165, 1.54) is 12.1 Å². The first kappa shape index (κ1) is 22.7. The Morgan fingerprint density at radius 3 is 2.49 bits per heavy atom. The van der Waals surface area contributed by atoms with Crippen LogP contribution in [0, 0.1) is 5.82 Å².